The summed E-state index contributed by atoms with van der Waals surface area (Å²) in [4.78, 5) is 1.22. The highest BCUT2D eigenvalue weighted by Crippen LogP contribution is 2.34. The minimum Gasteiger partial charge on any atom is -0.497 e. The van der Waals surface area contributed by atoms with Gasteiger partial charge in [0.05, 0.1) is 23.5 Å². The molecule has 128 valence electrons. The second-order valence-electron chi connectivity index (χ2n) is 7.08. The number of rotatable bonds is 7. The van der Waals surface area contributed by atoms with Crippen molar-refractivity contribution in [1.82, 2.24) is 9.78 Å². The zero-order valence-corrected chi connectivity index (χ0v) is 16.5. The second kappa shape index (κ2) is 7.09. The van der Waals surface area contributed by atoms with Crippen molar-refractivity contribution in [2.45, 2.75) is 32.4 Å². The lowest BCUT2D eigenvalue weighted by Gasteiger charge is -2.15. The smallest absolute Gasteiger partial charge is 0.140 e. The molecule has 0 N–H and O–H groups in total. The van der Waals surface area contributed by atoms with Crippen molar-refractivity contribution in [1.29, 1.82) is 0 Å². The summed E-state index contributed by atoms with van der Waals surface area (Å²) in [5, 5.41) is 4.45. The van der Waals surface area contributed by atoms with Crippen LogP contribution in [-0.4, -0.2) is 31.6 Å². The normalized spacial score (nSPS) is 12.0. The maximum absolute atomic E-state index is 5.83. The van der Waals surface area contributed by atoms with Gasteiger partial charge >= 0.3 is 0 Å². The molecule has 0 bridgehead atoms. The maximum atomic E-state index is 5.83. The number of methoxy groups -OCH3 is 1. The van der Waals surface area contributed by atoms with Crippen molar-refractivity contribution in [3.05, 3.63) is 36.5 Å². The highest BCUT2D eigenvalue weighted by Gasteiger charge is 2.13. The fraction of sp³-hybridized carbons (Fsp3) is 0.389. The monoisotopic (exact) mass is 360 g/mol. The molecule has 0 amide bonds. The van der Waals surface area contributed by atoms with Gasteiger partial charge in [-0.2, -0.15) is 5.10 Å². The van der Waals surface area contributed by atoms with Crippen LogP contribution in [0, 0.1) is 0 Å². The largest absolute Gasteiger partial charge is 0.497 e. The topological polar surface area (TPSA) is 36.3 Å². The number of fused-ring (bicyclic) bond motifs is 1. The molecule has 0 aliphatic rings. The van der Waals surface area contributed by atoms with E-state index in [1.165, 1.54) is 21.2 Å². The number of benzene rings is 1. The molecule has 1 aromatic carbocycles. The van der Waals surface area contributed by atoms with E-state index >= 15 is 0 Å². The van der Waals surface area contributed by atoms with Gasteiger partial charge in [0.25, 0.3) is 0 Å². The summed E-state index contributed by atoms with van der Waals surface area (Å²) in [5.74, 6) is 0.876. The van der Waals surface area contributed by atoms with Crippen LogP contribution in [-0.2, 0) is 11.5 Å². The van der Waals surface area contributed by atoms with Crippen molar-refractivity contribution in [3.63, 3.8) is 0 Å². The Morgan fingerprint density at radius 1 is 1.21 bits per heavy atom. The highest BCUT2D eigenvalue weighted by molar-refractivity contribution is 7.22. The van der Waals surface area contributed by atoms with Crippen molar-refractivity contribution >= 4 is 29.6 Å². The Hall–Kier alpha value is -1.63. The molecule has 2 heterocycles. The first-order valence-corrected chi connectivity index (χ1v) is 12.7. The SMILES string of the molecule is COc1cccc(-c2cc3c(cnn3COCC[Si](C)(C)C)s2)c1. The van der Waals surface area contributed by atoms with E-state index in [0.29, 0.717) is 6.73 Å². The number of hydrogen-bond acceptors (Lipinski definition) is 4. The van der Waals surface area contributed by atoms with E-state index in [1.807, 2.05) is 23.0 Å². The molecule has 6 heteroatoms. The van der Waals surface area contributed by atoms with Gasteiger partial charge in [0.15, 0.2) is 0 Å². The Balaban J connectivity index is 1.74. The molecule has 3 aromatic rings. The summed E-state index contributed by atoms with van der Waals surface area (Å²) in [6.45, 7) is 8.41. The third-order valence-electron chi connectivity index (χ3n) is 3.90. The summed E-state index contributed by atoms with van der Waals surface area (Å²) in [5.41, 5.74) is 2.30. The van der Waals surface area contributed by atoms with Gasteiger partial charge in [0, 0.05) is 19.6 Å². The summed E-state index contributed by atoms with van der Waals surface area (Å²) in [6.07, 6.45) is 1.92. The summed E-state index contributed by atoms with van der Waals surface area (Å²) in [6, 6.07) is 11.5. The van der Waals surface area contributed by atoms with E-state index in [2.05, 4.69) is 42.9 Å². The van der Waals surface area contributed by atoms with Crippen molar-refractivity contribution in [2.75, 3.05) is 13.7 Å². The number of nitrogens with zero attached hydrogens (tertiary/aromatic N) is 2. The van der Waals surface area contributed by atoms with Crippen LogP contribution in [0.4, 0.5) is 0 Å². The molecule has 2 aromatic heterocycles. The molecule has 0 saturated heterocycles. The number of hydrogen-bond donors (Lipinski definition) is 0. The van der Waals surface area contributed by atoms with Crippen molar-refractivity contribution in [3.8, 4) is 16.2 Å². The van der Waals surface area contributed by atoms with E-state index in [0.717, 1.165) is 17.9 Å². The average molecular weight is 361 g/mol. The molecule has 4 nitrogen and oxygen atoms in total. The Bertz CT molecular complexity index is 820. The quantitative estimate of drug-likeness (QED) is 0.435. The number of thiophene rings is 1. The lowest BCUT2D eigenvalue weighted by molar-refractivity contribution is 0.0817. The molecule has 0 atom stereocenters. The Morgan fingerprint density at radius 3 is 2.79 bits per heavy atom. The molecular formula is C18H24N2O2SSi. The zero-order chi connectivity index (χ0) is 17.2. The van der Waals surface area contributed by atoms with Crippen LogP contribution in [0.5, 0.6) is 5.75 Å². The van der Waals surface area contributed by atoms with E-state index in [4.69, 9.17) is 9.47 Å². The van der Waals surface area contributed by atoms with Crippen LogP contribution in [0.1, 0.15) is 0 Å². The lowest BCUT2D eigenvalue weighted by atomic mass is 10.2. The lowest BCUT2D eigenvalue weighted by Crippen LogP contribution is -2.22. The Morgan fingerprint density at radius 2 is 2.04 bits per heavy atom. The number of aromatic nitrogens is 2. The summed E-state index contributed by atoms with van der Waals surface area (Å²) < 4.78 is 14.3. The fourth-order valence-corrected chi connectivity index (χ4v) is 4.20. The molecule has 0 fully saturated rings. The van der Waals surface area contributed by atoms with Gasteiger partial charge in [-0.1, -0.05) is 31.8 Å². The van der Waals surface area contributed by atoms with Gasteiger partial charge in [0.1, 0.15) is 12.5 Å². The van der Waals surface area contributed by atoms with Gasteiger partial charge in [0.2, 0.25) is 0 Å². The first-order valence-electron chi connectivity index (χ1n) is 8.14. The van der Waals surface area contributed by atoms with Crippen LogP contribution in [0.25, 0.3) is 20.7 Å². The summed E-state index contributed by atoms with van der Waals surface area (Å²) >= 11 is 1.75. The third-order valence-corrected chi connectivity index (χ3v) is 6.71. The van der Waals surface area contributed by atoms with Crippen LogP contribution in [0.15, 0.2) is 36.5 Å². The third kappa shape index (κ3) is 4.06. The molecule has 0 radical (unpaired) electrons. The van der Waals surface area contributed by atoms with Crippen LogP contribution >= 0.6 is 11.3 Å². The molecule has 0 unspecified atom stereocenters. The molecule has 3 rings (SSSR count). The van der Waals surface area contributed by atoms with Gasteiger partial charge in [-0.3, -0.25) is 0 Å². The van der Waals surface area contributed by atoms with Crippen LogP contribution in [0.3, 0.4) is 0 Å². The van der Waals surface area contributed by atoms with Gasteiger partial charge in [-0.25, -0.2) is 4.68 Å². The highest BCUT2D eigenvalue weighted by atomic mass is 32.1. The van der Waals surface area contributed by atoms with Gasteiger partial charge in [-0.05, 0) is 29.8 Å². The summed E-state index contributed by atoms with van der Waals surface area (Å²) in [7, 11) is 0.648. The van der Waals surface area contributed by atoms with Gasteiger partial charge in [-0.15, -0.1) is 11.3 Å². The fourth-order valence-electron chi connectivity index (χ4n) is 2.42. The van der Waals surface area contributed by atoms with Crippen molar-refractivity contribution < 1.29 is 9.47 Å². The van der Waals surface area contributed by atoms with Gasteiger partial charge < -0.3 is 9.47 Å². The van der Waals surface area contributed by atoms with Crippen LogP contribution in [0.2, 0.25) is 25.7 Å². The predicted molar refractivity (Wildman–Crippen MR) is 104 cm³/mol. The van der Waals surface area contributed by atoms with E-state index in [-0.39, 0.29) is 0 Å². The number of ether oxygens (including phenoxy) is 2. The Labute approximate surface area is 148 Å². The standard InChI is InChI=1S/C18H24N2O2SSi/c1-21-15-7-5-6-14(10-15)17-11-16-18(23-17)12-19-20(16)13-22-8-9-24(2,3)4/h5-7,10-12H,8-9,13H2,1-4H3. The molecule has 0 aliphatic heterocycles. The van der Waals surface area contributed by atoms with E-state index in [9.17, 15) is 0 Å². The second-order valence-corrected chi connectivity index (χ2v) is 13.8. The first-order chi connectivity index (χ1) is 11.5. The minimum absolute atomic E-state index is 0.516. The maximum Gasteiger partial charge on any atom is 0.140 e. The van der Waals surface area contributed by atoms with E-state index in [1.54, 1.807) is 18.4 Å². The molecule has 24 heavy (non-hydrogen) atoms. The minimum atomic E-state index is -1.05. The predicted octanol–water partition coefficient (Wildman–Crippen LogP) is 5.09. The van der Waals surface area contributed by atoms with Crippen molar-refractivity contribution in [2.24, 2.45) is 0 Å². The zero-order valence-electron chi connectivity index (χ0n) is 14.7. The molecule has 0 saturated carbocycles. The van der Waals surface area contributed by atoms with Crippen LogP contribution < -0.4 is 4.74 Å². The molecular weight excluding hydrogens is 336 g/mol. The Kier molecular flexibility index (Phi) is 5.08. The van der Waals surface area contributed by atoms with E-state index < -0.39 is 8.07 Å². The first kappa shape index (κ1) is 17.2. The average Bonchev–Trinajstić information content (AvgIpc) is 3.12. The molecule has 0 aliphatic carbocycles. The molecule has 0 spiro atoms.